The zero-order valence-electron chi connectivity index (χ0n) is 32.7. The third kappa shape index (κ3) is 5.65. The number of furan rings is 1. The Labute approximate surface area is 347 Å². The molecule has 0 saturated heterocycles. The lowest BCUT2D eigenvalue weighted by Gasteiger charge is -2.28. The first-order valence-corrected chi connectivity index (χ1v) is 20.6. The molecular formula is C58H37NO. The van der Waals surface area contributed by atoms with Crippen molar-refractivity contribution in [2.75, 3.05) is 4.90 Å². The van der Waals surface area contributed by atoms with Crippen LogP contribution < -0.4 is 4.90 Å². The van der Waals surface area contributed by atoms with Crippen LogP contribution in [-0.4, -0.2) is 0 Å². The lowest BCUT2D eigenvalue weighted by Crippen LogP contribution is -2.11. The van der Waals surface area contributed by atoms with Gasteiger partial charge in [0.05, 0.1) is 5.69 Å². The van der Waals surface area contributed by atoms with E-state index in [9.17, 15) is 0 Å². The molecule has 0 bridgehead atoms. The molecule has 1 aromatic heterocycles. The van der Waals surface area contributed by atoms with Gasteiger partial charge in [-0.1, -0.05) is 176 Å². The molecule has 0 amide bonds. The van der Waals surface area contributed by atoms with Crippen molar-refractivity contribution in [2.24, 2.45) is 0 Å². The summed E-state index contributed by atoms with van der Waals surface area (Å²) < 4.78 is 6.80. The predicted octanol–water partition coefficient (Wildman–Crippen LogP) is 16.7. The first-order valence-electron chi connectivity index (χ1n) is 20.6. The Hall–Kier alpha value is -7.94. The largest absolute Gasteiger partial charge is 0.455 e. The Morgan fingerprint density at radius 1 is 0.283 bits per heavy atom. The average Bonchev–Trinajstić information content (AvgIpc) is 3.68. The number of benzene rings is 11. The number of anilines is 3. The fourth-order valence-electron chi connectivity index (χ4n) is 9.27. The van der Waals surface area contributed by atoms with Gasteiger partial charge in [0.2, 0.25) is 0 Å². The minimum Gasteiger partial charge on any atom is -0.455 e. The van der Waals surface area contributed by atoms with Crippen LogP contribution in [0.25, 0.3) is 98.4 Å². The van der Waals surface area contributed by atoms with Gasteiger partial charge < -0.3 is 9.32 Å². The summed E-state index contributed by atoms with van der Waals surface area (Å²) in [7, 11) is 0. The second-order valence-electron chi connectivity index (χ2n) is 15.7. The van der Waals surface area contributed by atoms with E-state index in [1.165, 1.54) is 65.3 Å². The minimum absolute atomic E-state index is 0.890. The summed E-state index contributed by atoms with van der Waals surface area (Å²) in [6.07, 6.45) is 0. The highest BCUT2D eigenvalue weighted by Crippen LogP contribution is 2.45. The van der Waals surface area contributed by atoms with E-state index in [2.05, 4.69) is 229 Å². The van der Waals surface area contributed by atoms with E-state index in [0.29, 0.717) is 0 Å². The van der Waals surface area contributed by atoms with Gasteiger partial charge in [0.25, 0.3) is 0 Å². The van der Waals surface area contributed by atoms with Gasteiger partial charge in [-0.25, -0.2) is 0 Å². The smallest absolute Gasteiger partial charge is 0.143 e. The van der Waals surface area contributed by atoms with E-state index in [1.54, 1.807) is 0 Å². The summed E-state index contributed by atoms with van der Waals surface area (Å²) in [4.78, 5) is 2.38. The number of nitrogens with zero attached hydrogens (tertiary/aromatic N) is 1. The molecule has 0 aliphatic heterocycles. The first-order chi connectivity index (χ1) is 29.7. The van der Waals surface area contributed by atoms with Gasteiger partial charge in [0, 0.05) is 33.3 Å². The quantitative estimate of drug-likeness (QED) is 0.157. The van der Waals surface area contributed by atoms with Crippen LogP contribution in [0.5, 0.6) is 0 Å². The van der Waals surface area contributed by atoms with Crippen molar-refractivity contribution in [1.82, 2.24) is 0 Å². The van der Waals surface area contributed by atoms with E-state index < -0.39 is 0 Å². The second-order valence-corrected chi connectivity index (χ2v) is 15.7. The van der Waals surface area contributed by atoms with Crippen LogP contribution in [-0.2, 0) is 0 Å². The SMILES string of the molecule is c1ccc(N(c2ccc(-c3ccc4ccccc4c3)cc2)c2ccc(-c3cccc4c3ccc3ccccc34)cc2)c(-c2cccc3c2oc2cc4ccccc4cc23)c1. The molecule has 1 heterocycles. The van der Waals surface area contributed by atoms with Crippen LogP contribution in [0.4, 0.5) is 17.1 Å². The number of hydrogen-bond acceptors (Lipinski definition) is 2. The van der Waals surface area contributed by atoms with Crippen molar-refractivity contribution in [2.45, 2.75) is 0 Å². The number of para-hydroxylation sites is 2. The van der Waals surface area contributed by atoms with Gasteiger partial charge in [-0.3, -0.25) is 0 Å². The van der Waals surface area contributed by atoms with Crippen molar-refractivity contribution >= 4 is 82.1 Å². The molecule has 0 N–H and O–H groups in total. The summed E-state index contributed by atoms with van der Waals surface area (Å²) in [6.45, 7) is 0. The zero-order valence-corrected chi connectivity index (χ0v) is 32.7. The number of fused-ring (bicyclic) bond motifs is 8. The van der Waals surface area contributed by atoms with E-state index in [0.717, 1.165) is 50.1 Å². The molecule has 60 heavy (non-hydrogen) atoms. The molecule has 280 valence electrons. The minimum atomic E-state index is 0.890. The molecular weight excluding hydrogens is 727 g/mol. The molecule has 12 rings (SSSR count). The highest BCUT2D eigenvalue weighted by Gasteiger charge is 2.21. The zero-order chi connectivity index (χ0) is 39.6. The van der Waals surface area contributed by atoms with Gasteiger partial charge in [-0.05, 0) is 114 Å². The fraction of sp³-hybridized carbons (Fsp3) is 0. The van der Waals surface area contributed by atoms with Crippen molar-refractivity contribution in [3.63, 3.8) is 0 Å². The number of rotatable bonds is 6. The van der Waals surface area contributed by atoms with Crippen molar-refractivity contribution in [3.05, 3.63) is 224 Å². The molecule has 11 aromatic carbocycles. The Morgan fingerprint density at radius 2 is 0.833 bits per heavy atom. The van der Waals surface area contributed by atoms with E-state index in [1.807, 2.05) is 0 Å². The molecule has 0 atom stereocenters. The second kappa shape index (κ2) is 13.9. The molecule has 0 fully saturated rings. The van der Waals surface area contributed by atoms with Gasteiger partial charge in [-0.15, -0.1) is 0 Å². The average molecular weight is 764 g/mol. The maximum atomic E-state index is 6.80. The first kappa shape index (κ1) is 34.1. The van der Waals surface area contributed by atoms with Crippen molar-refractivity contribution < 1.29 is 4.42 Å². The third-order valence-electron chi connectivity index (χ3n) is 12.2. The predicted molar refractivity (Wildman–Crippen MR) is 255 cm³/mol. The highest BCUT2D eigenvalue weighted by molar-refractivity contribution is 6.14. The van der Waals surface area contributed by atoms with Gasteiger partial charge >= 0.3 is 0 Å². The Balaban J connectivity index is 1.01. The standard InChI is InChI=1S/C58H37NO/c1-2-13-42-35-45(24-23-38(42)11-1)39-25-30-46(31-26-39)59(47-32-27-41(28-33-47)49-18-9-19-50-48-16-6-5-12-40(48)29-34-51(49)50)56-22-8-7-17-52(56)53-20-10-21-54-55-36-43-14-3-4-15-44(43)37-57(55)60-58(53)54/h1-37H. The van der Waals surface area contributed by atoms with Crippen LogP contribution in [0, 0.1) is 0 Å². The molecule has 0 aliphatic rings. The third-order valence-corrected chi connectivity index (χ3v) is 12.2. The summed E-state index contributed by atoms with van der Waals surface area (Å²) in [5.41, 5.74) is 11.9. The normalized spacial score (nSPS) is 11.7. The summed E-state index contributed by atoms with van der Waals surface area (Å²) in [5.74, 6) is 0. The van der Waals surface area contributed by atoms with Gasteiger partial charge in [0.15, 0.2) is 0 Å². The van der Waals surface area contributed by atoms with Crippen LogP contribution in [0.2, 0.25) is 0 Å². The topological polar surface area (TPSA) is 16.4 Å². The van der Waals surface area contributed by atoms with Crippen LogP contribution in [0.3, 0.4) is 0 Å². The molecule has 12 aromatic rings. The Kier molecular flexibility index (Phi) is 7.89. The molecule has 2 nitrogen and oxygen atoms in total. The Bertz CT molecular complexity index is 3600. The van der Waals surface area contributed by atoms with Crippen LogP contribution >= 0.6 is 0 Å². The lowest BCUT2D eigenvalue weighted by atomic mass is 9.94. The number of hydrogen-bond donors (Lipinski definition) is 0. The molecule has 0 aliphatic carbocycles. The van der Waals surface area contributed by atoms with Crippen LogP contribution in [0.1, 0.15) is 0 Å². The molecule has 2 heteroatoms. The molecule has 0 saturated carbocycles. The summed E-state index contributed by atoms with van der Waals surface area (Å²) >= 11 is 0. The summed E-state index contributed by atoms with van der Waals surface area (Å²) in [5, 5.41) is 12.1. The molecule has 0 radical (unpaired) electrons. The lowest BCUT2D eigenvalue weighted by molar-refractivity contribution is 0.670. The van der Waals surface area contributed by atoms with Gasteiger partial charge in [0.1, 0.15) is 11.2 Å². The van der Waals surface area contributed by atoms with Crippen molar-refractivity contribution in [3.8, 4) is 33.4 Å². The Morgan fingerprint density at radius 3 is 1.62 bits per heavy atom. The van der Waals surface area contributed by atoms with Crippen molar-refractivity contribution in [1.29, 1.82) is 0 Å². The fourth-order valence-corrected chi connectivity index (χ4v) is 9.27. The van der Waals surface area contributed by atoms with Crippen LogP contribution in [0.15, 0.2) is 229 Å². The van der Waals surface area contributed by atoms with E-state index in [-0.39, 0.29) is 0 Å². The van der Waals surface area contributed by atoms with E-state index >= 15 is 0 Å². The summed E-state index contributed by atoms with van der Waals surface area (Å²) in [6, 6.07) is 81.3. The molecule has 0 spiro atoms. The van der Waals surface area contributed by atoms with Gasteiger partial charge in [-0.2, -0.15) is 0 Å². The molecule has 0 unspecified atom stereocenters. The maximum Gasteiger partial charge on any atom is 0.143 e. The van der Waals surface area contributed by atoms with E-state index in [4.69, 9.17) is 4.42 Å². The maximum absolute atomic E-state index is 6.80. The highest BCUT2D eigenvalue weighted by atomic mass is 16.3. The monoisotopic (exact) mass is 763 g/mol.